The van der Waals surface area contributed by atoms with Crippen LogP contribution in [0.3, 0.4) is 0 Å². The predicted molar refractivity (Wildman–Crippen MR) is 79.3 cm³/mol. The molecule has 1 saturated carbocycles. The Kier molecular flexibility index (Phi) is 5.01. The Morgan fingerprint density at radius 2 is 2.05 bits per heavy atom. The van der Waals surface area contributed by atoms with Gasteiger partial charge < -0.3 is 10.1 Å². The van der Waals surface area contributed by atoms with Gasteiger partial charge in [0.25, 0.3) is 0 Å². The molecule has 0 atom stereocenters. The van der Waals surface area contributed by atoms with E-state index in [1.807, 2.05) is 24.3 Å². The monoisotopic (exact) mass is 298 g/mol. The third-order valence-corrected chi connectivity index (χ3v) is 5.23. The van der Waals surface area contributed by atoms with Crippen molar-refractivity contribution in [1.29, 1.82) is 0 Å². The van der Waals surface area contributed by atoms with Crippen LogP contribution >= 0.6 is 0 Å². The summed E-state index contributed by atoms with van der Waals surface area (Å²) in [6, 6.07) is 8.01. The molecule has 0 unspecified atom stereocenters. The summed E-state index contributed by atoms with van der Waals surface area (Å²) in [6.45, 7) is 0.846. The van der Waals surface area contributed by atoms with Crippen molar-refractivity contribution in [1.82, 2.24) is 9.62 Å². The lowest BCUT2D eigenvalue weighted by Gasteiger charge is -2.18. The lowest BCUT2D eigenvalue weighted by Crippen LogP contribution is -2.34. The summed E-state index contributed by atoms with van der Waals surface area (Å²) in [5.41, 5.74) is 0.872. The minimum Gasteiger partial charge on any atom is -0.496 e. The first-order valence-corrected chi connectivity index (χ1v) is 8.43. The second-order valence-electron chi connectivity index (χ2n) is 5.11. The Morgan fingerprint density at radius 3 is 2.70 bits per heavy atom. The van der Waals surface area contributed by atoms with Gasteiger partial charge in [0.15, 0.2) is 0 Å². The van der Waals surface area contributed by atoms with Crippen LogP contribution in [0.25, 0.3) is 0 Å². The van der Waals surface area contributed by atoms with E-state index in [0.717, 1.165) is 18.4 Å². The van der Waals surface area contributed by atoms with Crippen molar-refractivity contribution in [3.8, 4) is 5.75 Å². The molecule has 0 radical (unpaired) electrons. The summed E-state index contributed by atoms with van der Waals surface area (Å²) in [4.78, 5) is 0. The molecular weight excluding hydrogens is 276 g/mol. The second-order valence-corrected chi connectivity index (χ2v) is 7.31. The number of hydrogen-bond donors (Lipinski definition) is 1. The van der Waals surface area contributed by atoms with Gasteiger partial charge in [-0.2, -0.15) is 0 Å². The number of para-hydroxylation sites is 1. The number of sulfonamides is 1. The van der Waals surface area contributed by atoms with Crippen LogP contribution < -0.4 is 10.1 Å². The minimum absolute atomic E-state index is 0.134. The molecule has 0 bridgehead atoms. The third kappa shape index (κ3) is 4.19. The lowest BCUT2D eigenvalue weighted by molar-refractivity contribution is 0.398. The van der Waals surface area contributed by atoms with E-state index >= 15 is 0 Å². The van der Waals surface area contributed by atoms with E-state index in [9.17, 15) is 8.42 Å². The molecule has 0 amide bonds. The number of methoxy groups -OCH3 is 1. The van der Waals surface area contributed by atoms with Crippen molar-refractivity contribution in [3.05, 3.63) is 29.8 Å². The SMILES string of the molecule is COc1ccccc1CN(C)S(=O)(=O)CCNC1CC1. The fraction of sp³-hybridized carbons (Fsp3) is 0.571. The first kappa shape index (κ1) is 15.3. The zero-order valence-electron chi connectivity index (χ0n) is 12.0. The minimum atomic E-state index is -3.24. The molecule has 20 heavy (non-hydrogen) atoms. The standard InChI is InChI=1S/C14H22N2O3S/c1-16(11-12-5-3-4-6-14(12)19-2)20(17,18)10-9-15-13-7-8-13/h3-6,13,15H,7-11H2,1-2H3. The molecule has 0 aliphatic heterocycles. The van der Waals surface area contributed by atoms with Gasteiger partial charge in [-0.3, -0.25) is 0 Å². The fourth-order valence-electron chi connectivity index (χ4n) is 2.01. The highest BCUT2D eigenvalue weighted by molar-refractivity contribution is 7.89. The molecule has 1 aliphatic rings. The molecule has 0 spiro atoms. The molecule has 0 saturated heterocycles. The molecule has 0 heterocycles. The molecule has 112 valence electrons. The van der Waals surface area contributed by atoms with Crippen LogP contribution in [-0.4, -0.2) is 45.2 Å². The fourth-order valence-corrected chi connectivity index (χ4v) is 3.03. The number of nitrogens with one attached hydrogen (secondary N) is 1. The van der Waals surface area contributed by atoms with Crippen molar-refractivity contribution in [2.24, 2.45) is 0 Å². The van der Waals surface area contributed by atoms with E-state index in [2.05, 4.69) is 5.32 Å². The van der Waals surface area contributed by atoms with Gasteiger partial charge in [-0.1, -0.05) is 18.2 Å². The molecule has 2 rings (SSSR count). The van der Waals surface area contributed by atoms with Crippen molar-refractivity contribution >= 4 is 10.0 Å². The van der Waals surface area contributed by atoms with Gasteiger partial charge in [-0.05, 0) is 18.9 Å². The van der Waals surface area contributed by atoms with Gasteiger partial charge >= 0.3 is 0 Å². The smallest absolute Gasteiger partial charge is 0.215 e. The van der Waals surface area contributed by atoms with E-state index in [1.54, 1.807) is 14.2 Å². The molecule has 0 aromatic heterocycles. The van der Waals surface area contributed by atoms with Crippen molar-refractivity contribution in [2.75, 3.05) is 26.5 Å². The molecule has 1 aromatic rings. The van der Waals surface area contributed by atoms with Gasteiger partial charge in [0.2, 0.25) is 10.0 Å². The highest BCUT2D eigenvalue weighted by atomic mass is 32.2. The number of hydrogen-bond acceptors (Lipinski definition) is 4. The number of rotatable bonds is 8. The average Bonchev–Trinajstić information content (AvgIpc) is 3.23. The summed E-state index contributed by atoms with van der Waals surface area (Å²) in [6.07, 6.45) is 2.33. The number of benzene rings is 1. The topological polar surface area (TPSA) is 58.6 Å². The molecule has 1 N–H and O–H groups in total. The average molecular weight is 298 g/mol. The molecular formula is C14H22N2O3S. The normalized spacial score (nSPS) is 15.6. The maximum atomic E-state index is 12.2. The van der Waals surface area contributed by atoms with Crippen LogP contribution in [0.1, 0.15) is 18.4 Å². The van der Waals surface area contributed by atoms with E-state index in [1.165, 1.54) is 4.31 Å². The Bertz CT molecular complexity index is 541. The quantitative estimate of drug-likeness (QED) is 0.784. The van der Waals surface area contributed by atoms with Crippen molar-refractivity contribution < 1.29 is 13.2 Å². The van der Waals surface area contributed by atoms with Crippen LogP contribution in [0.15, 0.2) is 24.3 Å². The predicted octanol–water partition coefficient (Wildman–Crippen LogP) is 1.21. The highest BCUT2D eigenvalue weighted by Crippen LogP contribution is 2.20. The summed E-state index contributed by atoms with van der Waals surface area (Å²) >= 11 is 0. The Morgan fingerprint density at radius 1 is 1.35 bits per heavy atom. The maximum Gasteiger partial charge on any atom is 0.215 e. The van der Waals surface area contributed by atoms with Crippen LogP contribution in [0.2, 0.25) is 0 Å². The molecule has 1 aliphatic carbocycles. The Balaban J connectivity index is 1.93. The van der Waals surface area contributed by atoms with Crippen molar-refractivity contribution in [2.45, 2.75) is 25.4 Å². The summed E-state index contributed by atoms with van der Waals surface area (Å²) in [5, 5.41) is 3.22. The van der Waals surface area contributed by atoms with Crippen LogP contribution in [0, 0.1) is 0 Å². The molecule has 5 nitrogen and oxygen atoms in total. The molecule has 1 fully saturated rings. The summed E-state index contributed by atoms with van der Waals surface area (Å²) in [5.74, 6) is 0.848. The van der Waals surface area contributed by atoms with E-state index in [-0.39, 0.29) is 5.75 Å². The van der Waals surface area contributed by atoms with E-state index in [4.69, 9.17) is 4.74 Å². The zero-order valence-corrected chi connectivity index (χ0v) is 12.8. The molecule has 1 aromatic carbocycles. The van der Waals surface area contributed by atoms with E-state index < -0.39 is 10.0 Å². The first-order valence-electron chi connectivity index (χ1n) is 6.82. The number of ether oxygens (including phenoxy) is 1. The van der Waals surface area contributed by atoms with Crippen LogP contribution in [0.4, 0.5) is 0 Å². The van der Waals surface area contributed by atoms with Gasteiger partial charge in [-0.15, -0.1) is 0 Å². The van der Waals surface area contributed by atoms with E-state index in [0.29, 0.717) is 24.9 Å². The zero-order chi connectivity index (χ0) is 14.6. The first-order chi connectivity index (χ1) is 9.53. The highest BCUT2D eigenvalue weighted by Gasteiger charge is 2.23. The largest absolute Gasteiger partial charge is 0.496 e. The van der Waals surface area contributed by atoms with Crippen molar-refractivity contribution in [3.63, 3.8) is 0 Å². The van der Waals surface area contributed by atoms with Gasteiger partial charge in [0.1, 0.15) is 5.75 Å². The van der Waals surface area contributed by atoms with Gasteiger partial charge in [0, 0.05) is 31.7 Å². The number of nitrogens with zero attached hydrogens (tertiary/aromatic N) is 1. The van der Waals surface area contributed by atoms with Gasteiger partial charge in [-0.25, -0.2) is 12.7 Å². The summed E-state index contributed by atoms with van der Waals surface area (Å²) in [7, 11) is -0.0359. The molecule has 6 heteroatoms. The second kappa shape index (κ2) is 6.56. The lowest BCUT2D eigenvalue weighted by atomic mass is 10.2. The third-order valence-electron chi connectivity index (χ3n) is 3.43. The van der Waals surface area contributed by atoms with Crippen LogP contribution in [-0.2, 0) is 16.6 Å². The Labute approximate surface area is 121 Å². The summed E-state index contributed by atoms with van der Waals surface area (Å²) < 4.78 is 31.0. The Hall–Kier alpha value is -1.11. The van der Waals surface area contributed by atoms with Crippen LogP contribution in [0.5, 0.6) is 5.75 Å². The van der Waals surface area contributed by atoms with Gasteiger partial charge in [0.05, 0.1) is 12.9 Å². The maximum absolute atomic E-state index is 12.2.